The molecule has 1 atom stereocenters. The Labute approximate surface area is 92.5 Å². The largest absolute Gasteiger partial charge is 0.481 e. The van der Waals surface area contributed by atoms with E-state index in [1.165, 1.54) is 0 Å². The number of imidazole rings is 1. The number of rotatable bonds is 3. The van der Waals surface area contributed by atoms with Gasteiger partial charge in [-0.2, -0.15) is 0 Å². The number of nitrogens with two attached hydrogens (primary N) is 1. The lowest BCUT2D eigenvalue weighted by Gasteiger charge is -2.09. The predicted octanol–water partition coefficient (Wildman–Crippen LogP) is 1.12. The van der Waals surface area contributed by atoms with Gasteiger partial charge < -0.3 is 15.2 Å². The number of carboxylic acids is 1. The molecule has 5 heteroatoms. The first-order valence-electron chi connectivity index (χ1n) is 4.99. The van der Waals surface area contributed by atoms with Crippen LogP contribution in [0.3, 0.4) is 0 Å². The highest BCUT2D eigenvalue weighted by molar-refractivity contribution is 5.68. The fourth-order valence-corrected chi connectivity index (χ4v) is 1.69. The van der Waals surface area contributed by atoms with Crippen LogP contribution < -0.4 is 5.73 Å². The highest BCUT2D eigenvalue weighted by Gasteiger charge is 2.11. The fraction of sp³-hybridized carbons (Fsp3) is 0.273. The molecule has 2 heterocycles. The van der Waals surface area contributed by atoms with Gasteiger partial charge in [0.1, 0.15) is 5.82 Å². The van der Waals surface area contributed by atoms with Crippen LogP contribution in [-0.4, -0.2) is 20.5 Å². The van der Waals surface area contributed by atoms with Crippen molar-refractivity contribution in [2.24, 2.45) is 5.73 Å². The van der Waals surface area contributed by atoms with Crippen molar-refractivity contribution in [1.82, 2.24) is 9.38 Å². The molecule has 0 aliphatic heterocycles. The van der Waals surface area contributed by atoms with E-state index in [4.69, 9.17) is 10.8 Å². The van der Waals surface area contributed by atoms with Crippen LogP contribution in [0.1, 0.15) is 23.9 Å². The maximum absolute atomic E-state index is 10.6. The number of carbonyl (C=O) groups is 1. The molecule has 5 nitrogen and oxygen atoms in total. The van der Waals surface area contributed by atoms with Crippen LogP contribution >= 0.6 is 0 Å². The number of aryl methyl sites for hydroxylation is 1. The summed E-state index contributed by atoms with van der Waals surface area (Å²) in [4.78, 5) is 14.7. The SMILES string of the molecule is Cc1ncc2cc(C(N)CC(=O)O)ccn12. The average Bonchev–Trinajstić information content (AvgIpc) is 2.59. The summed E-state index contributed by atoms with van der Waals surface area (Å²) in [6.45, 7) is 1.91. The second kappa shape index (κ2) is 3.94. The van der Waals surface area contributed by atoms with Gasteiger partial charge in [0.25, 0.3) is 0 Å². The van der Waals surface area contributed by atoms with Gasteiger partial charge in [-0.3, -0.25) is 4.79 Å². The summed E-state index contributed by atoms with van der Waals surface area (Å²) >= 11 is 0. The average molecular weight is 219 g/mol. The maximum atomic E-state index is 10.6. The minimum absolute atomic E-state index is 0.0662. The van der Waals surface area contributed by atoms with E-state index < -0.39 is 12.0 Å². The molecule has 0 saturated heterocycles. The number of carboxylic acid groups (broad SMARTS) is 1. The molecule has 0 aliphatic carbocycles. The molecule has 0 radical (unpaired) electrons. The summed E-state index contributed by atoms with van der Waals surface area (Å²) in [5.41, 5.74) is 7.52. The van der Waals surface area contributed by atoms with Gasteiger partial charge in [0.2, 0.25) is 0 Å². The summed E-state index contributed by atoms with van der Waals surface area (Å²) in [6.07, 6.45) is 3.53. The molecule has 84 valence electrons. The molecule has 2 aromatic heterocycles. The van der Waals surface area contributed by atoms with Crippen LogP contribution in [0.4, 0.5) is 0 Å². The Morgan fingerprint density at radius 3 is 3.12 bits per heavy atom. The molecule has 0 spiro atoms. The third-order valence-corrected chi connectivity index (χ3v) is 2.56. The number of aliphatic carboxylic acids is 1. The fourth-order valence-electron chi connectivity index (χ4n) is 1.69. The zero-order valence-corrected chi connectivity index (χ0v) is 8.92. The Hall–Kier alpha value is -1.88. The molecule has 2 aromatic rings. The third kappa shape index (κ3) is 1.90. The summed E-state index contributed by atoms with van der Waals surface area (Å²) in [5.74, 6) is 0.00502. The lowest BCUT2D eigenvalue weighted by molar-refractivity contribution is -0.137. The first kappa shape index (κ1) is 10.6. The van der Waals surface area contributed by atoms with E-state index in [0.717, 1.165) is 16.9 Å². The van der Waals surface area contributed by atoms with Crippen molar-refractivity contribution in [3.8, 4) is 0 Å². The normalized spacial score (nSPS) is 12.9. The minimum Gasteiger partial charge on any atom is -0.481 e. The quantitative estimate of drug-likeness (QED) is 0.810. The standard InChI is InChI=1S/C11H13N3O2/c1-7-13-6-9-4-8(2-3-14(7)9)10(12)5-11(15)16/h2-4,6,10H,5,12H2,1H3,(H,15,16). The van der Waals surface area contributed by atoms with Gasteiger partial charge in [-0.05, 0) is 24.6 Å². The number of hydrogen-bond donors (Lipinski definition) is 2. The van der Waals surface area contributed by atoms with E-state index >= 15 is 0 Å². The van der Waals surface area contributed by atoms with Crippen molar-refractivity contribution < 1.29 is 9.90 Å². The van der Waals surface area contributed by atoms with Crippen LogP contribution in [0.25, 0.3) is 5.52 Å². The monoisotopic (exact) mass is 219 g/mol. The van der Waals surface area contributed by atoms with Crippen LogP contribution in [0.5, 0.6) is 0 Å². The molecule has 2 rings (SSSR count). The Kier molecular flexibility index (Phi) is 2.62. The van der Waals surface area contributed by atoms with Crippen molar-refractivity contribution in [3.05, 3.63) is 35.9 Å². The molecular weight excluding hydrogens is 206 g/mol. The summed E-state index contributed by atoms with van der Waals surface area (Å²) < 4.78 is 1.93. The molecule has 1 unspecified atom stereocenters. The molecule has 0 bridgehead atoms. The summed E-state index contributed by atoms with van der Waals surface area (Å²) in [6, 6.07) is 3.22. The van der Waals surface area contributed by atoms with E-state index in [1.807, 2.05) is 29.7 Å². The van der Waals surface area contributed by atoms with E-state index in [9.17, 15) is 4.79 Å². The van der Waals surface area contributed by atoms with Gasteiger partial charge in [-0.25, -0.2) is 4.98 Å². The second-order valence-electron chi connectivity index (χ2n) is 3.76. The zero-order chi connectivity index (χ0) is 11.7. The Bertz CT molecular complexity index is 533. The van der Waals surface area contributed by atoms with Gasteiger partial charge in [0.15, 0.2) is 0 Å². The summed E-state index contributed by atoms with van der Waals surface area (Å²) in [7, 11) is 0. The number of fused-ring (bicyclic) bond motifs is 1. The van der Waals surface area contributed by atoms with E-state index in [0.29, 0.717) is 0 Å². The number of nitrogens with zero attached hydrogens (tertiary/aromatic N) is 2. The third-order valence-electron chi connectivity index (χ3n) is 2.56. The molecule has 16 heavy (non-hydrogen) atoms. The van der Waals surface area contributed by atoms with Crippen LogP contribution in [0.2, 0.25) is 0 Å². The maximum Gasteiger partial charge on any atom is 0.305 e. The van der Waals surface area contributed by atoms with Crippen molar-refractivity contribution in [3.63, 3.8) is 0 Å². The van der Waals surface area contributed by atoms with E-state index in [-0.39, 0.29) is 6.42 Å². The lowest BCUT2D eigenvalue weighted by Crippen LogP contribution is -2.15. The van der Waals surface area contributed by atoms with Crippen molar-refractivity contribution in [2.75, 3.05) is 0 Å². The number of pyridine rings is 1. The van der Waals surface area contributed by atoms with Crippen LogP contribution in [-0.2, 0) is 4.79 Å². The van der Waals surface area contributed by atoms with Gasteiger partial charge in [-0.15, -0.1) is 0 Å². The number of aromatic nitrogens is 2. The predicted molar refractivity (Wildman–Crippen MR) is 59.1 cm³/mol. The molecule has 0 aromatic carbocycles. The zero-order valence-electron chi connectivity index (χ0n) is 8.92. The van der Waals surface area contributed by atoms with Crippen molar-refractivity contribution in [2.45, 2.75) is 19.4 Å². The topological polar surface area (TPSA) is 80.6 Å². The summed E-state index contributed by atoms with van der Waals surface area (Å²) in [5, 5.41) is 8.67. The second-order valence-corrected chi connectivity index (χ2v) is 3.76. The molecule has 0 saturated carbocycles. The Balaban J connectivity index is 2.35. The first-order chi connectivity index (χ1) is 7.58. The van der Waals surface area contributed by atoms with Crippen LogP contribution in [0, 0.1) is 6.92 Å². The van der Waals surface area contributed by atoms with Crippen molar-refractivity contribution >= 4 is 11.5 Å². The Morgan fingerprint density at radius 2 is 2.44 bits per heavy atom. The lowest BCUT2D eigenvalue weighted by atomic mass is 10.1. The smallest absolute Gasteiger partial charge is 0.305 e. The van der Waals surface area contributed by atoms with Crippen LogP contribution in [0.15, 0.2) is 24.5 Å². The number of hydrogen-bond acceptors (Lipinski definition) is 3. The molecular formula is C11H13N3O2. The van der Waals surface area contributed by atoms with Crippen molar-refractivity contribution in [1.29, 1.82) is 0 Å². The van der Waals surface area contributed by atoms with Gasteiger partial charge in [-0.1, -0.05) is 0 Å². The molecule has 0 fully saturated rings. The molecule has 3 N–H and O–H groups in total. The van der Waals surface area contributed by atoms with Gasteiger partial charge >= 0.3 is 5.97 Å². The Morgan fingerprint density at radius 1 is 1.69 bits per heavy atom. The van der Waals surface area contributed by atoms with Gasteiger partial charge in [0.05, 0.1) is 18.1 Å². The first-order valence-corrected chi connectivity index (χ1v) is 4.99. The van der Waals surface area contributed by atoms with Gasteiger partial charge in [0, 0.05) is 12.2 Å². The molecule has 0 amide bonds. The van der Waals surface area contributed by atoms with E-state index in [2.05, 4.69) is 4.98 Å². The highest BCUT2D eigenvalue weighted by Crippen LogP contribution is 2.17. The van der Waals surface area contributed by atoms with E-state index in [1.54, 1.807) is 6.20 Å². The minimum atomic E-state index is -0.892. The molecule has 0 aliphatic rings. The highest BCUT2D eigenvalue weighted by atomic mass is 16.4.